The molecule has 752 valence electrons. The molecule has 0 radical (unpaired) electrons. The predicted octanol–water partition coefficient (Wildman–Crippen LogP) is 11.6. The summed E-state index contributed by atoms with van der Waals surface area (Å²) in [6.07, 6.45) is -16.1. The number of halogens is 15. The number of nitrogens with two attached hydrogens (primary N) is 1. The number of benzene rings is 3. The number of imidazole rings is 2. The lowest BCUT2D eigenvalue weighted by atomic mass is 10.1. The van der Waals surface area contributed by atoms with E-state index in [4.69, 9.17) is 15.6 Å². The Hall–Kier alpha value is -14.7. The monoisotopic (exact) mass is 1990 g/mol. The van der Waals surface area contributed by atoms with E-state index in [0.717, 1.165) is 54.7 Å². The van der Waals surface area contributed by atoms with Crippen molar-refractivity contribution >= 4 is 112 Å². The van der Waals surface area contributed by atoms with E-state index < -0.39 is 151 Å². The van der Waals surface area contributed by atoms with Crippen LogP contribution in [0.5, 0.6) is 17.2 Å². The summed E-state index contributed by atoms with van der Waals surface area (Å²) in [6.45, 7) is 5.99. The van der Waals surface area contributed by atoms with Crippen molar-refractivity contribution in [3.63, 3.8) is 0 Å². The standard InChI is InChI=1S/C27H28F5N5O6.C26H27F5N6O6.C21H25F5N4O3Si.C11H18N2O5/c1-36(2)21(38)9-5-4-7-18(35-26(41)42-3)23(39)34-19-8-6-10-37(24(19)40)14-17-12-15-11-16(28)13-20(22(15)33-17)43-27(31,32)25(29)30;1-36(2)20(38)9-5-4-7-15(34-25(41)42-3)22(39)33-16-8-6-10-37(23(16)40)13-19-32-17-11-14(27)12-18(21(17)35-19)43-26(30,31)24(28)29;1-34(2,3)8-7-32-12-30-15-9-13(22)10-16(33-21(25,26)20(23)24)18(15)28-17(30)11-29-6-4-5-14(27)19(29)31;1-13(2)9(14)7-5-4-6-8(10(15)16)12-11(17)18-3/h5-6,8-11,13,18,25H,4,7,12,14H2,1-3H3,(H,34,39)(H,35,41);5-6,8-12,15,24H,4,7,13H2,1-3H3,(H,32,35)(H,33,39)(H,34,41);4-6,9-10,20H,7-8,11-12,27H2,1-3H3;5,7-8H,4,6H2,1-3H3,(H,12,17)(H,15,16)/b2*9-5+;;7-5+/t18-;15-;;8-/m00.0/s1. The number of alkyl carbamates (subject to hydrolysis) is 3. The topological polar surface area (TPSA) is 459 Å². The number of pyridine rings is 3. The number of carboxylic acids is 1. The third kappa shape index (κ3) is 34.0. The van der Waals surface area contributed by atoms with E-state index in [2.05, 4.69) is 94.6 Å². The van der Waals surface area contributed by atoms with E-state index in [-0.39, 0.29) is 150 Å². The molecule has 5 aromatic heterocycles. The Bertz CT molecular complexity index is 5960. The Morgan fingerprint density at radius 1 is 0.543 bits per heavy atom. The molecule has 138 heavy (non-hydrogen) atoms. The average molecular weight is 1990 g/mol. The van der Waals surface area contributed by atoms with Gasteiger partial charge in [-0.15, -0.1) is 0 Å². The second-order valence-electron chi connectivity index (χ2n) is 31.3. The molecular weight excluding hydrogens is 1890 g/mol. The van der Waals surface area contributed by atoms with Crippen LogP contribution >= 0.6 is 0 Å². The number of methoxy groups -OCH3 is 3. The Kier molecular flexibility index (Phi) is 41.2. The summed E-state index contributed by atoms with van der Waals surface area (Å²) in [5.74, 6) is -9.09. The van der Waals surface area contributed by atoms with Crippen LogP contribution < -0.4 is 63.2 Å². The van der Waals surface area contributed by atoms with E-state index in [9.17, 15) is 123 Å². The lowest BCUT2D eigenvalue weighted by Gasteiger charge is -2.18. The molecule has 9 rings (SSSR count). The first-order chi connectivity index (χ1) is 64.6. The number of alkyl halides is 12. The molecule has 3 aromatic carbocycles. The number of allylic oxidation sites excluding steroid dienone is 3. The largest absolute Gasteiger partial charge is 0.480 e. The zero-order valence-electron chi connectivity index (χ0n) is 75.7. The molecule has 8 amide bonds. The number of carbonyl (C=O) groups excluding carboxylic acids is 8. The number of nitrogens with one attached hydrogen (secondary N) is 6. The minimum absolute atomic E-state index is 0.0139. The average Bonchev–Trinajstić information content (AvgIpc) is 1.61. The van der Waals surface area contributed by atoms with Crippen molar-refractivity contribution in [1.29, 1.82) is 0 Å². The number of likely N-dealkylation sites (N-methyl/N-ethyl adjacent to an activating group) is 3. The van der Waals surface area contributed by atoms with Crippen molar-refractivity contribution in [2.45, 2.75) is 153 Å². The third-order valence-electron chi connectivity index (χ3n) is 18.9. The van der Waals surface area contributed by atoms with Crippen LogP contribution in [-0.4, -0.2) is 247 Å². The van der Waals surface area contributed by atoms with Crippen LogP contribution in [0.4, 0.5) is 103 Å². The van der Waals surface area contributed by atoms with Crippen molar-refractivity contribution in [2.24, 2.45) is 4.99 Å². The number of anilines is 3. The highest BCUT2D eigenvalue weighted by Gasteiger charge is 2.47. The lowest BCUT2D eigenvalue weighted by Crippen LogP contribution is -2.44. The van der Waals surface area contributed by atoms with Gasteiger partial charge in [0, 0.05) is 112 Å². The number of carboxylic acid groups (broad SMARTS) is 1. The van der Waals surface area contributed by atoms with Crippen molar-refractivity contribution in [3.05, 3.63) is 194 Å². The molecule has 1 aliphatic rings. The van der Waals surface area contributed by atoms with Gasteiger partial charge in [0.1, 0.15) is 82.1 Å². The van der Waals surface area contributed by atoms with Crippen molar-refractivity contribution in [3.8, 4) is 17.2 Å². The van der Waals surface area contributed by atoms with Crippen LogP contribution in [0.2, 0.25) is 25.7 Å². The number of aromatic nitrogens is 7. The molecule has 53 heteroatoms. The van der Waals surface area contributed by atoms with Gasteiger partial charge in [-0.3, -0.25) is 43.3 Å². The predicted molar refractivity (Wildman–Crippen MR) is 471 cm³/mol. The van der Waals surface area contributed by atoms with Crippen LogP contribution in [0.25, 0.3) is 22.1 Å². The highest BCUT2D eigenvalue weighted by atomic mass is 28.3. The molecule has 0 bridgehead atoms. The zero-order valence-corrected chi connectivity index (χ0v) is 76.7. The van der Waals surface area contributed by atoms with Crippen LogP contribution in [0.3, 0.4) is 0 Å². The number of nitrogens with zero attached hydrogens (tertiary/aromatic N) is 10. The number of amides is 8. The Balaban J connectivity index is 0.000000293. The van der Waals surface area contributed by atoms with Crippen molar-refractivity contribution in [2.75, 3.05) is 86.6 Å². The van der Waals surface area contributed by atoms with E-state index in [0.29, 0.717) is 31.2 Å². The Labute approximate surface area is 775 Å². The van der Waals surface area contributed by atoms with Gasteiger partial charge in [0.15, 0.2) is 17.2 Å². The minimum atomic E-state index is -4.91. The normalized spacial score (nSPS) is 12.7. The van der Waals surface area contributed by atoms with Crippen molar-refractivity contribution in [1.82, 2.24) is 63.9 Å². The fraction of sp³-hybridized carbons (Fsp3) is 0.400. The number of carbonyl (C=O) groups is 9. The second-order valence-corrected chi connectivity index (χ2v) is 37.0. The number of aliphatic carboxylic acids is 1. The highest BCUT2D eigenvalue weighted by molar-refractivity contribution is 6.76. The molecule has 1 aliphatic heterocycles. The first-order valence-corrected chi connectivity index (χ1v) is 44.5. The second kappa shape index (κ2) is 50.7. The number of hydrogen-bond donors (Lipinski definition) is 8. The third-order valence-corrected chi connectivity index (χ3v) is 20.6. The molecule has 9 N–H and O–H groups in total. The van der Waals surface area contributed by atoms with Gasteiger partial charge in [0.25, 0.3) is 16.7 Å². The fourth-order valence-corrected chi connectivity index (χ4v) is 12.5. The molecule has 37 nitrogen and oxygen atoms in total. The summed E-state index contributed by atoms with van der Waals surface area (Å²) in [5.41, 5.74) is 2.48. The SMILES string of the molecule is COC(=O)N[C@@H](CC/C=C/C(=O)N(C)C)C(=O)Nc1cccn(CC2=Nc3c(cc(F)cc3OC(F)(F)C(F)F)C2)c1=O.COC(=O)N[C@@H](CC/C=C/C(=O)N(C)C)C(=O)Nc1cccn(Cc2nc3c(OC(F)(F)C(F)F)cc(F)cc3[nH]2)c1=O.COC(=O)N[C@@H](CC/C=C/C(=O)N(C)C)C(=O)O.C[Si](C)(C)CCOCn1c(Cn2cccc(N)c2=O)nc2c(OC(F)(F)C(F)F)cc(F)cc21. The van der Waals surface area contributed by atoms with Crippen molar-refractivity contribution < 1.29 is 147 Å². The molecule has 8 aromatic rings. The quantitative estimate of drug-likeness (QED) is 0.00581. The number of aromatic amines is 1. The summed E-state index contributed by atoms with van der Waals surface area (Å²) in [5, 5.41) is 20.6. The number of nitrogen functional groups attached to an aromatic ring is 1. The molecule has 0 saturated heterocycles. The van der Waals surface area contributed by atoms with E-state index >= 15 is 0 Å². The summed E-state index contributed by atoms with van der Waals surface area (Å²) < 4.78 is 236. The maximum Gasteiger partial charge on any atom is 0.461 e. The number of hydrogen-bond acceptors (Lipinski definition) is 23. The first-order valence-electron chi connectivity index (χ1n) is 40.8. The highest BCUT2D eigenvalue weighted by Crippen LogP contribution is 2.42. The molecule has 6 heterocycles. The van der Waals surface area contributed by atoms with Gasteiger partial charge >= 0.3 is 61.9 Å². The van der Waals surface area contributed by atoms with Gasteiger partial charge in [-0.25, -0.2) is 42.3 Å². The van der Waals surface area contributed by atoms with Crippen LogP contribution in [0.1, 0.15) is 55.7 Å². The number of aliphatic imine (C=N–C) groups is 1. The summed E-state index contributed by atoms with van der Waals surface area (Å²) in [4.78, 5) is 163. The molecule has 3 atom stereocenters. The van der Waals surface area contributed by atoms with E-state index in [1.54, 1.807) is 48.4 Å². The van der Waals surface area contributed by atoms with Gasteiger partial charge < -0.3 is 109 Å². The number of ether oxygens (including phenoxy) is 7. The Morgan fingerprint density at radius 3 is 1.39 bits per heavy atom. The van der Waals surface area contributed by atoms with Crippen LogP contribution in [0.15, 0.2) is 147 Å². The number of H-pyrrole nitrogens is 1. The maximum atomic E-state index is 14.3. The number of fused-ring (bicyclic) bond motifs is 3. The van der Waals surface area contributed by atoms with Gasteiger partial charge in [0.05, 0.1) is 57.7 Å². The minimum Gasteiger partial charge on any atom is -0.480 e. The van der Waals surface area contributed by atoms with Gasteiger partial charge in [-0.05, 0) is 117 Å². The zero-order chi connectivity index (χ0) is 103. The molecular formula is C85H98F15N17O20Si. The molecule has 0 saturated carbocycles. The molecule has 0 spiro atoms. The molecule has 0 fully saturated rings. The van der Waals surface area contributed by atoms with Gasteiger partial charge in [-0.2, -0.15) is 52.7 Å². The van der Waals surface area contributed by atoms with E-state index in [1.807, 2.05) is 0 Å². The fourth-order valence-electron chi connectivity index (χ4n) is 11.7. The summed E-state index contributed by atoms with van der Waals surface area (Å²) in [6, 6.07) is 10.3. The first kappa shape index (κ1) is 112. The van der Waals surface area contributed by atoms with E-state index in [1.165, 1.54) is 109 Å². The smallest absolute Gasteiger partial charge is 0.461 e. The summed E-state index contributed by atoms with van der Waals surface area (Å²) >= 11 is 0. The van der Waals surface area contributed by atoms with Crippen LogP contribution in [0, 0.1) is 17.5 Å². The van der Waals surface area contributed by atoms with Gasteiger partial charge in [-0.1, -0.05) is 37.9 Å². The lowest BCUT2D eigenvalue weighted by molar-refractivity contribution is -0.253. The summed E-state index contributed by atoms with van der Waals surface area (Å²) in [7, 11) is 11.4. The maximum absolute atomic E-state index is 14.3. The van der Waals surface area contributed by atoms with Gasteiger partial charge in [0.2, 0.25) is 29.5 Å². The number of rotatable bonds is 40. The Morgan fingerprint density at radius 2 is 0.949 bits per heavy atom. The molecule has 0 unspecified atom stereocenters. The van der Waals surface area contributed by atoms with Crippen LogP contribution in [-0.2, 0) is 80.5 Å². The molecule has 0 aliphatic carbocycles.